The summed E-state index contributed by atoms with van der Waals surface area (Å²) in [5, 5.41) is 0. The predicted octanol–water partition coefficient (Wildman–Crippen LogP) is 28.4. The third-order valence-corrected chi connectivity index (χ3v) is 28.0. The number of hydrogen-bond acceptors (Lipinski definition) is 3. The molecule has 6 aromatic carbocycles. The SMILES string of the molecule is CCCCC1(CCCC)CC(C)(C)c2c1cc1c(c2-c2ccc(C3=CC(c4ccc(N(C)C)cc4)=[N+]4C3=Nc3c(-c5ccc(-c6c7c(cc8c6C(C)(C)CC8(CCCC)CCCC)C(CCCC)(CCCC)CC7(C)C)cc5)cc(-c5ccc(N(C)C)cc5)n3[B-]4(F)F)cc2)C(C)(C)CC1(CCCC)CCCC. The summed E-state index contributed by atoms with van der Waals surface area (Å²) in [6.45, 7) is 34.9. The fourth-order valence-electron chi connectivity index (χ4n) is 23.4. The van der Waals surface area contributed by atoms with Crippen LogP contribution < -0.4 is 9.80 Å². The number of fused-ring (bicyclic) bond motifs is 6. The molecule has 2 aliphatic heterocycles. The largest absolute Gasteiger partial charge is 0.642 e. The van der Waals surface area contributed by atoms with Crippen molar-refractivity contribution in [2.24, 2.45) is 4.99 Å². The van der Waals surface area contributed by atoms with Crippen LogP contribution in [0.5, 0.6) is 0 Å². The number of aromatic nitrogens is 1. The fraction of sp³-hybridized carbons (Fsp3) is 0.560. The van der Waals surface area contributed by atoms with Gasteiger partial charge >= 0.3 is 6.97 Å². The van der Waals surface area contributed by atoms with E-state index in [2.05, 4.69) is 206 Å². The van der Waals surface area contributed by atoms with Crippen molar-refractivity contribution in [3.05, 3.63) is 177 Å². The average molecular weight is 1460 g/mol. The first-order valence-corrected chi connectivity index (χ1v) is 43.4. The van der Waals surface area contributed by atoms with Crippen LogP contribution in [0.2, 0.25) is 0 Å². The van der Waals surface area contributed by atoms with Crippen molar-refractivity contribution in [2.75, 3.05) is 38.0 Å². The Hall–Kier alpha value is -6.80. The zero-order valence-corrected chi connectivity index (χ0v) is 70.9. The van der Waals surface area contributed by atoms with Gasteiger partial charge in [0.2, 0.25) is 5.82 Å². The Labute approximate surface area is 653 Å². The summed E-state index contributed by atoms with van der Waals surface area (Å²) in [5.41, 5.74) is 26.0. The minimum Gasteiger partial charge on any atom is -0.414 e. The molecular weight excluding hydrogens is 1320 g/mol. The van der Waals surface area contributed by atoms with Crippen LogP contribution in [-0.2, 0) is 43.3 Å². The van der Waals surface area contributed by atoms with Crippen LogP contribution in [0, 0.1) is 0 Å². The molecule has 0 saturated carbocycles. The van der Waals surface area contributed by atoms with Gasteiger partial charge in [0.15, 0.2) is 0 Å². The van der Waals surface area contributed by atoms with Gasteiger partial charge in [0.1, 0.15) is 0 Å². The van der Waals surface area contributed by atoms with Crippen LogP contribution in [0.3, 0.4) is 0 Å². The molecule has 6 aliphatic rings. The van der Waals surface area contributed by atoms with E-state index in [1.54, 1.807) is 44.5 Å². The standard InChI is InChI=1S/C100H136BF2N5/c1-21-29-53-97(54-30-22-2)65-93(9,10)87-79(97)63-80-88(94(11,12)66-98(80,55-31-23-3)56-32-24-4)85(87)73-41-37-69(38-42-73)77-61-83(71-45-49-75(50-46-71)105(17)18)107-91(77)104-92-78(62-84(108(92)101(107,102)103)72-47-51-76(52-48-72)106(19)20)70-39-43-74(44-40-70)86-89-81(99(57-33-25-5,58-34-26-6)67-95(89,13)14)64-82-90(86)96(15,16)68-100(82,59-35-27-7)60-36-28-8/h37-52,61-64H,21-36,53-60,65-68H2,1-20H3. The second-order valence-corrected chi connectivity index (χ2v) is 38.4. The van der Waals surface area contributed by atoms with Gasteiger partial charge < -0.3 is 27.4 Å². The zero-order valence-electron chi connectivity index (χ0n) is 70.9. The molecule has 0 amide bonds. The van der Waals surface area contributed by atoms with E-state index < -0.39 is 6.97 Å². The molecule has 0 spiro atoms. The predicted molar refractivity (Wildman–Crippen MR) is 464 cm³/mol. The highest BCUT2D eigenvalue weighted by Crippen LogP contribution is 2.67. The Balaban J connectivity index is 1.03. The monoisotopic (exact) mass is 1460 g/mol. The molecule has 1 aromatic heterocycles. The summed E-state index contributed by atoms with van der Waals surface area (Å²) in [5.74, 6) is 0.581. The number of amidine groups is 1. The van der Waals surface area contributed by atoms with Crippen LogP contribution in [0.25, 0.3) is 50.2 Å². The highest BCUT2D eigenvalue weighted by Gasteiger charge is 2.58. The van der Waals surface area contributed by atoms with E-state index in [0.29, 0.717) is 34.2 Å². The van der Waals surface area contributed by atoms with Crippen LogP contribution in [0.15, 0.2) is 126 Å². The summed E-state index contributed by atoms with van der Waals surface area (Å²) in [6.07, 6.45) is 35.8. The zero-order chi connectivity index (χ0) is 77.3. The number of hydrogen-bond donors (Lipinski definition) is 0. The number of halogens is 2. The van der Waals surface area contributed by atoms with E-state index >= 15 is 8.63 Å². The Kier molecular flexibility index (Phi) is 22.3. The first-order valence-electron chi connectivity index (χ1n) is 43.4. The minimum atomic E-state index is -4.62. The molecule has 5 nitrogen and oxygen atoms in total. The first-order chi connectivity index (χ1) is 51.5. The van der Waals surface area contributed by atoms with Crippen LogP contribution >= 0.6 is 0 Å². The van der Waals surface area contributed by atoms with Crippen LogP contribution in [0.1, 0.15) is 346 Å². The third kappa shape index (κ3) is 13.6. The molecule has 0 unspecified atom stereocenters. The summed E-state index contributed by atoms with van der Waals surface area (Å²) in [4.78, 5) is 9.91. The third-order valence-electron chi connectivity index (χ3n) is 28.0. The number of anilines is 2. The molecule has 13 rings (SSSR count). The van der Waals surface area contributed by atoms with E-state index in [-0.39, 0.29) is 43.3 Å². The van der Waals surface area contributed by atoms with Gasteiger partial charge in [0, 0.05) is 56.4 Å². The molecule has 0 bridgehead atoms. The lowest BCUT2D eigenvalue weighted by atomic mass is 9.69. The van der Waals surface area contributed by atoms with Crippen molar-refractivity contribution in [2.45, 2.75) is 334 Å². The van der Waals surface area contributed by atoms with Crippen molar-refractivity contribution < 1.29 is 13.1 Å². The van der Waals surface area contributed by atoms with Crippen molar-refractivity contribution in [3.63, 3.8) is 0 Å². The van der Waals surface area contributed by atoms with E-state index in [1.165, 1.54) is 185 Å². The molecule has 0 N–H and O–H groups in total. The minimum absolute atomic E-state index is 0.0572. The Bertz CT molecular complexity index is 4360. The molecule has 3 heterocycles. The second-order valence-electron chi connectivity index (χ2n) is 38.4. The lowest BCUT2D eigenvalue weighted by Gasteiger charge is -2.35. The van der Waals surface area contributed by atoms with Gasteiger partial charge in [-0.1, -0.05) is 286 Å². The maximum absolute atomic E-state index is 19.7. The van der Waals surface area contributed by atoms with Crippen LogP contribution in [-0.4, -0.2) is 55.7 Å². The molecule has 0 saturated heterocycles. The quantitative estimate of drug-likeness (QED) is 0.0393. The molecule has 7 aromatic rings. The average Bonchev–Trinajstić information content (AvgIpc) is 1.52. The summed E-state index contributed by atoms with van der Waals surface area (Å²) in [6, 6.07) is 42.6. The number of nitrogens with zero attached hydrogens (tertiary/aromatic N) is 5. The summed E-state index contributed by atoms with van der Waals surface area (Å²) < 4.78 is 42.1. The normalized spacial score (nSPS) is 19.2. The Morgan fingerprint density at radius 2 is 0.667 bits per heavy atom. The van der Waals surface area contributed by atoms with Gasteiger partial charge in [-0.15, -0.1) is 0 Å². The molecule has 0 fully saturated rings. The highest BCUT2D eigenvalue weighted by atomic mass is 19.2. The highest BCUT2D eigenvalue weighted by molar-refractivity contribution is 6.63. The van der Waals surface area contributed by atoms with Gasteiger partial charge in [-0.3, -0.25) is 0 Å². The molecule has 578 valence electrons. The Morgan fingerprint density at radius 3 is 0.972 bits per heavy atom. The van der Waals surface area contributed by atoms with Gasteiger partial charge in [0.05, 0.1) is 11.3 Å². The van der Waals surface area contributed by atoms with Crippen LogP contribution in [0.4, 0.5) is 25.8 Å². The van der Waals surface area contributed by atoms with Gasteiger partial charge in [-0.2, -0.15) is 0 Å². The second kappa shape index (κ2) is 30.4. The van der Waals surface area contributed by atoms with E-state index in [9.17, 15) is 0 Å². The summed E-state index contributed by atoms with van der Waals surface area (Å²) >= 11 is 0. The smallest absolute Gasteiger partial charge is 0.414 e. The molecule has 0 radical (unpaired) electrons. The lowest BCUT2D eigenvalue weighted by molar-refractivity contribution is -0.291. The maximum Gasteiger partial charge on any atom is 0.642 e. The molecule has 0 atom stereocenters. The van der Waals surface area contributed by atoms with Gasteiger partial charge in [0.25, 0.3) is 5.84 Å². The first kappa shape index (κ1) is 79.3. The number of rotatable bonds is 32. The lowest BCUT2D eigenvalue weighted by Crippen LogP contribution is -2.53. The fourth-order valence-corrected chi connectivity index (χ4v) is 23.4. The van der Waals surface area contributed by atoms with E-state index in [0.717, 1.165) is 59.3 Å². The number of unbranched alkanes of at least 4 members (excludes halogenated alkanes) is 8. The topological polar surface area (TPSA) is 26.8 Å². The number of aliphatic imine (C=N–C) groups is 1. The van der Waals surface area contributed by atoms with Gasteiger partial charge in [-0.05, 0) is 257 Å². The number of allylic oxidation sites excluding steroid dienone is 1. The number of benzene rings is 6. The van der Waals surface area contributed by atoms with Crippen molar-refractivity contribution in [3.8, 4) is 44.6 Å². The van der Waals surface area contributed by atoms with E-state index in [1.807, 2.05) is 64.6 Å². The Morgan fingerprint density at radius 1 is 0.380 bits per heavy atom. The van der Waals surface area contributed by atoms with E-state index in [4.69, 9.17) is 4.99 Å². The van der Waals surface area contributed by atoms with Crippen molar-refractivity contribution in [1.82, 2.24) is 4.48 Å². The van der Waals surface area contributed by atoms with Gasteiger partial charge in [-0.25, -0.2) is 0 Å². The molecule has 108 heavy (non-hydrogen) atoms. The molecular formula is C100H136BF2N5. The summed E-state index contributed by atoms with van der Waals surface area (Å²) in [7, 11) is 8.12. The molecule has 4 aliphatic carbocycles. The maximum atomic E-state index is 19.7. The van der Waals surface area contributed by atoms with Crippen molar-refractivity contribution in [1.29, 1.82) is 0 Å². The molecule has 8 heteroatoms. The van der Waals surface area contributed by atoms with Crippen molar-refractivity contribution >= 4 is 41.3 Å².